The third-order valence-corrected chi connectivity index (χ3v) is 3.89. The highest BCUT2D eigenvalue weighted by atomic mass is 32.1. The fourth-order valence-electron chi connectivity index (χ4n) is 1.83. The highest BCUT2D eigenvalue weighted by Crippen LogP contribution is 2.31. The molecular formula is C15H17NO4S. The van der Waals surface area contributed by atoms with Crippen LogP contribution in [-0.4, -0.2) is 26.8 Å². The van der Waals surface area contributed by atoms with Crippen LogP contribution in [0.2, 0.25) is 0 Å². The standard InChI is InChI=1S/C15H17NO4S/c1-18-10-8-12(14(16)13(9-10)19-2)15(17)20-6-5-11-4-3-7-21-11/h3-4,7-9H,5-6,16H2,1-2H3. The molecule has 0 spiro atoms. The highest BCUT2D eigenvalue weighted by Gasteiger charge is 2.17. The fraction of sp³-hybridized carbons (Fsp3) is 0.267. The number of nitrogen functional groups attached to an aromatic ring is 1. The molecule has 2 N–H and O–H groups in total. The third kappa shape index (κ3) is 3.66. The van der Waals surface area contributed by atoms with Gasteiger partial charge in [-0.2, -0.15) is 0 Å². The number of esters is 1. The summed E-state index contributed by atoms with van der Waals surface area (Å²) in [5.41, 5.74) is 6.40. The van der Waals surface area contributed by atoms with Crippen molar-refractivity contribution in [3.8, 4) is 11.5 Å². The smallest absolute Gasteiger partial charge is 0.340 e. The lowest BCUT2D eigenvalue weighted by atomic mass is 10.1. The van der Waals surface area contributed by atoms with Crippen LogP contribution in [0.4, 0.5) is 5.69 Å². The van der Waals surface area contributed by atoms with Crippen molar-refractivity contribution in [3.63, 3.8) is 0 Å². The minimum Gasteiger partial charge on any atom is -0.497 e. The number of nitrogens with two attached hydrogens (primary N) is 1. The summed E-state index contributed by atoms with van der Waals surface area (Å²) >= 11 is 1.63. The lowest BCUT2D eigenvalue weighted by Crippen LogP contribution is -2.11. The number of methoxy groups -OCH3 is 2. The molecule has 1 aromatic heterocycles. The van der Waals surface area contributed by atoms with Crippen LogP contribution in [0.1, 0.15) is 15.2 Å². The Hall–Kier alpha value is -2.21. The Kier molecular flexibility index (Phi) is 5.05. The van der Waals surface area contributed by atoms with E-state index in [0.717, 1.165) is 0 Å². The van der Waals surface area contributed by atoms with E-state index in [1.54, 1.807) is 23.5 Å². The zero-order valence-electron chi connectivity index (χ0n) is 11.9. The van der Waals surface area contributed by atoms with Crippen LogP contribution in [0.25, 0.3) is 0 Å². The van der Waals surface area contributed by atoms with Gasteiger partial charge in [0.1, 0.15) is 11.5 Å². The number of carbonyl (C=O) groups is 1. The first kappa shape index (κ1) is 15.2. The van der Waals surface area contributed by atoms with E-state index in [2.05, 4.69) is 0 Å². The van der Waals surface area contributed by atoms with Gasteiger partial charge in [0.25, 0.3) is 0 Å². The molecule has 2 rings (SSSR count). The molecule has 0 aliphatic rings. The highest BCUT2D eigenvalue weighted by molar-refractivity contribution is 7.09. The van der Waals surface area contributed by atoms with Crippen molar-refractivity contribution in [2.75, 3.05) is 26.6 Å². The van der Waals surface area contributed by atoms with Gasteiger partial charge in [0.15, 0.2) is 0 Å². The average Bonchev–Trinajstić information content (AvgIpc) is 3.00. The van der Waals surface area contributed by atoms with Crippen molar-refractivity contribution in [3.05, 3.63) is 40.1 Å². The van der Waals surface area contributed by atoms with Crippen LogP contribution in [0, 0.1) is 0 Å². The lowest BCUT2D eigenvalue weighted by molar-refractivity contribution is 0.0510. The van der Waals surface area contributed by atoms with E-state index in [-0.39, 0.29) is 11.3 Å². The normalized spacial score (nSPS) is 10.2. The number of hydrogen-bond acceptors (Lipinski definition) is 6. The van der Waals surface area contributed by atoms with Crippen molar-refractivity contribution in [2.24, 2.45) is 0 Å². The molecule has 21 heavy (non-hydrogen) atoms. The molecule has 0 amide bonds. The minimum atomic E-state index is -0.485. The quantitative estimate of drug-likeness (QED) is 0.656. The summed E-state index contributed by atoms with van der Waals surface area (Å²) < 4.78 is 15.5. The van der Waals surface area contributed by atoms with E-state index >= 15 is 0 Å². The van der Waals surface area contributed by atoms with Gasteiger partial charge in [-0.05, 0) is 17.5 Å². The van der Waals surface area contributed by atoms with Gasteiger partial charge < -0.3 is 19.9 Å². The first-order valence-corrected chi connectivity index (χ1v) is 7.24. The SMILES string of the molecule is COc1cc(OC)c(N)c(C(=O)OCCc2cccs2)c1. The molecule has 0 aliphatic heterocycles. The van der Waals surface area contributed by atoms with Gasteiger partial charge in [0.2, 0.25) is 0 Å². The number of rotatable bonds is 6. The second-order valence-corrected chi connectivity index (χ2v) is 5.29. The molecule has 0 unspecified atom stereocenters. The molecule has 2 aromatic rings. The van der Waals surface area contributed by atoms with Gasteiger partial charge in [0, 0.05) is 17.4 Å². The topological polar surface area (TPSA) is 70.8 Å². The summed E-state index contributed by atoms with van der Waals surface area (Å²) in [6.07, 6.45) is 0.685. The van der Waals surface area contributed by atoms with E-state index in [9.17, 15) is 4.79 Å². The Balaban J connectivity index is 2.07. The molecule has 6 heteroatoms. The van der Waals surface area contributed by atoms with Crippen LogP contribution in [0.5, 0.6) is 11.5 Å². The summed E-state index contributed by atoms with van der Waals surface area (Å²) in [6.45, 7) is 0.304. The minimum absolute atomic E-state index is 0.248. The van der Waals surface area contributed by atoms with E-state index in [0.29, 0.717) is 24.5 Å². The second-order valence-electron chi connectivity index (χ2n) is 4.26. The maximum atomic E-state index is 12.1. The fourth-order valence-corrected chi connectivity index (χ4v) is 2.52. The average molecular weight is 307 g/mol. The Bertz CT molecular complexity index is 610. The molecule has 0 bridgehead atoms. The summed E-state index contributed by atoms with van der Waals surface area (Å²) in [5.74, 6) is 0.395. The molecular weight excluding hydrogens is 290 g/mol. The van der Waals surface area contributed by atoms with Crippen LogP contribution in [-0.2, 0) is 11.2 Å². The van der Waals surface area contributed by atoms with Gasteiger partial charge in [-0.3, -0.25) is 0 Å². The Morgan fingerprint density at radius 3 is 2.71 bits per heavy atom. The number of thiophene rings is 1. The Labute approximate surface area is 127 Å². The number of ether oxygens (including phenoxy) is 3. The molecule has 1 heterocycles. The first-order chi connectivity index (χ1) is 10.2. The summed E-state index contributed by atoms with van der Waals surface area (Å²) in [4.78, 5) is 13.3. The third-order valence-electron chi connectivity index (χ3n) is 2.95. The molecule has 0 fully saturated rings. The largest absolute Gasteiger partial charge is 0.497 e. The van der Waals surface area contributed by atoms with E-state index in [1.807, 2.05) is 17.5 Å². The van der Waals surface area contributed by atoms with Crippen molar-refractivity contribution in [1.82, 2.24) is 0 Å². The number of benzene rings is 1. The molecule has 112 valence electrons. The monoisotopic (exact) mass is 307 g/mol. The first-order valence-electron chi connectivity index (χ1n) is 6.36. The van der Waals surface area contributed by atoms with E-state index in [4.69, 9.17) is 19.9 Å². The molecule has 0 radical (unpaired) electrons. The van der Waals surface area contributed by atoms with Gasteiger partial charge >= 0.3 is 5.97 Å². The van der Waals surface area contributed by atoms with E-state index in [1.165, 1.54) is 19.1 Å². The molecule has 0 atom stereocenters. The molecule has 0 aliphatic carbocycles. The van der Waals surface area contributed by atoms with Crippen LogP contribution in [0.15, 0.2) is 29.6 Å². The summed E-state index contributed by atoms with van der Waals surface area (Å²) in [5, 5.41) is 1.99. The maximum Gasteiger partial charge on any atom is 0.340 e. The lowest BCUT2D eigenvalue weighted by Gasteiger charge is -2.12. The molecule has 5 nitrogen and oxygen atoms in total. The van der Waals surface area contributed by atoms with Crippen molar-refractivity contribution in [1.29, 1.82) is 0 Å². The van der Waals surface area contributed by atoms with E-state index < -0.39 is 5.97 Å². The Morgan fingerprint density at radius 1 is 1.29 bits per heavy atom. The zero-order valence-corrected chi connectivity index (χ0v) is 12.7. The van der Waals surface area contributed by atoms with Crippen molar-refractivity contribution in [2.45, 2.75) is 6.42 Å². The summed E-state index contributed by atoms with van der Waals surface area (Å²) in [6, 6.07) is 7.14. The van der Waals surface area contributed by atoms with Crippen LogP contribution < -0.4 is 15.2 Å². The molecule has 0 saturated carbocycles. The van der Waals surface area contributed by atoms with Crippen LogP contribution >= 0.6 is 11.3 Å². The number of hydrogen-bond donors (Lipinski definition) is 1. The van der Waals surface area contributed by atoms with Crippen molar-refractivity contribution < 1.29 is 19.0 Å². The zero-order chi connectivity index (χ0) is 15.2. The summed E-state index contributed by atoms with van der Waals surface area (Å²) in [7, 11) is 2.99. The number of anilines is 1. The van der Waals surface area contributed by atoms with Gasteiger partial charge in [-0.1, -0.05) is 6.07 Å². The van der Waals surface area contributed by atoms with Gasteiger partial charge in [-0.25, -0.2) is 4.79 Å². The predicted octanol–water partition coefficient (Wildman–Crippen LogP) is 2.75. The maximum absolute atomic E-state index is 12.1. The van der Waals surface area contributed by atoms with Gasteiger partial charge in [-0.15, -0.1) is 11.3 Å². The van der Waals surface area contributed by atoms with Crippen molar-refractivity contribution >= 4 is 23.0 Å². The van der Waals surface area contributed by atoms with Gasteiger partial charge in [0.05, 0.1) is 32.1 Å². The predicted molar refractivity (Wildman–Crippen MR) is 82.3 cm³/mol. The number of carbonyl (C=O) groups excluding carboxylic acids is 1. The molecule has 1 aromatic carbocycles. The molecule has 0 saturated heterocycles. The second kappa shape index (κ2) is 6.99. The van der Waals surface area contributed by atoms with Crippen LogP contribution in [0.3, 0.4) is 0 Å². The Morgan fingerprint density at radius 2 is 2.10 bits per heavy atom.